The van der Waals surface area contributed by atoms with Crippen molar-refractivity contribution < 1.29 is 4.57 Å². The first-order valence-corrected chi connectivity index (χ1v) is 8.06. The van der Waals surface area contributed by atoms with E-state index in [1.807, 2.05) is 17.7 Å². The van der Waals surface area contributed by atoms with Crippen LogP contribution in [0.25, 0.3) is 10.2 Å². The lowest BCUT2D eigenvalue weighted by Crippen LogP contribution is -2.39. The van der Waals surface area contributed by atoms with Crippen LogP contribution in [0, 0.1) is 5.92 Å². The third-order valence-corrected chi connectivity index (χ3v) is 5.04. The van der Waals surface area contributed by atoms with E-state index in [9.17, 15) is 0 Å². The van der Waals surface area contributed by atoms with Crippen LogP contribution in [0.15, 0.2) is 6.33 Å². The van der Waals surface area contributed by atoms with Gasteiger partial charge in [0.2, 0.25) is 17.0 Å². The molecule has 2 N–H and O–H groups in total. The molecule has 3 rings (SSSR count). The SMILES string of the molecule is CC(C)C[n+]1cnc2sc3c(c2c1N)CCCCC3. The number of aryl methyl sites for hydroxylation is 2. The molecule has 0 spiro atoms. The van der Waals surface area contributed by atoms with Crippen LogP contribution in [-0.2, 0) is 19.4 Å². The molecule has 0 unspecified atom stereocenters. The minimum absolute atomic E-state index is 0.587. The standard InChI is InChI=1S/C15H21N3S/c1-10(2)8-18-9-17-15-13(14(18)16)11-6-4-3-5-7-12(11)19-15/h9-10,16H,3-8H2,1-2H3/p+1. The monoisotopic (exact) mass is 276 g/mol. The van der Waals surface area contributed by atoms with Gasteiger partial charge in [0.15, 0.2) is 0 Å². The average molecular weight is 276 g/mol. The number of anilines is 1. The zero-order chi connectivity index (χ0) is 13.4. The van der Waals surface area contributed by atoms with Gasteiger partial charge in [0.1, 0.15) is 5.39 Å². The second kappa shape index (κ2) is 5.08. The highest BCUT2D eigenvalue weighted by molar-refractivity contribution is 7.18. The largest absolute Gasteiger partial charge is 0.318 e. The summed E-state index contributed by atoms with van der Waals surface area (Å²) in [4.78, 5) is 7.28. The molecule has 2 aromatic heterocycles. The molecular formula is C15H22N3S+. The topological polar surface area (TPSA) is 42.8 Å². The lowest BCUT2D eigenvalue weighted by molar-refractivity contribution is -0.690. The fourth-order valence-electron chi connectivity index (χ4n) is 2.95. The van der Waals surface area contributed by atoms with Crippen LogP contribution < -0.4 is 10.3 Å². The molecule has 2 heterocycles. The normalized spacial score (nSPS) is 15.7. The molecule has 0 amide bonds. The molecule has 0 saturated carbocycles. The smallest absolute Gasteiger partial charge is 0.231 e. The molecule has 4 heteroatoms. The third-order valence-electron chi connectivity index (χ3n) is 3.84. The van der Waals surface area contributed by atoms with Crippen molar-refractivity contribution in [3.63, 3.8) is 0 Å². The molecule has 0 aromatic carbocycles. The second-order valence-electron chi connectivity index (χ2n) is 5.92. The van der Waals surface area contributed by atoms with E-state index in [-0.39, 0.29) is 0 Å². The fraction of sp³-hybridized carbons (Fsp3) is 0.600. The highest BCUT2D eigenvalue weighted by Crippen LogP contribution is 2.36. The maximum atomic E-state index is 6.42. The Morgan fingerprint density at radius 1 is 1.32 bits per heavy atom. The van der Waals surface area contributed by atoms with Crippen LogP contribution in [0.1, 0.15) is 43.6 Å². The summed E-state index contributed by atoms with van der Waals surface area (Å²) < 4.78 is 2.12. The van der Waals surface area contributed by atoms with Gasteiger partial charge < -0.3 is 5.73 Å². The zero-order valence-corrected chi connectivity index (χ0v) is 12.6. The Labute approximate surface area is 118 Å². The van der Waals surface area contributed by atoms with Crippen molar-refractivity contribution in [1.29, 1.82) is 0 Å². The van der Waals surface area contributed by atoms with Crippen LogP contribution in [-0.4, -0.2) is 4.98 Å². The van der Waals surface area contributed by atoms with E-state index in [0.29, 0.717) is 5.92 Å². The number of nitrogens with zero attached hydrogens (tertiary/aromatic N) is 2. The van der Waals surface area contributed by atoms with Crippen molar-refractivity contribution in [2.75, 3.05) is 5.73 Å². The van der Waals surface area contributed by atoms with Gasteiger partial charge in [-0.3, -0.25) is 0 Å². The minimum Gasteiger partial charge on any atom is -0.318 e. The lowest BCUT2D eigenvalue weighted by atomic mass is 10.1. The molecule has 102 valence electrons. The molecule has 0 atom stereocenters. The number of hydrogen-bond donors (Lipinski definition) is 1. The Morgan fingerprint density at radius 2 is 2.11 bits per heavy atom. The third kappa shape index (κ3) is 2.34. The number of nitrogen functional groups attached to an aromatic ring is 1. The number of thiophene rings is 1. The highest BCUT2D eigenvalue weighted by atomic mass is 32.1. The highest BCUT2D eigenvalue weighted by Gasteiger charge is 2.22. The number of rotatable bonds is 2. The summed E-state index contributed by atoms with van der Waals surface area (Å²) in [5.41, 5.74) is 7.90. The molecule has 3 nitrogen and oxygen atoms in total. The van der Waals surface area contributed by atoms with E-state index < -0.39 is 0 Å². The molecule has 1 aliphatic carbocycles. The Bertz CT molecular complexity index is 601. The van der Waals surface area contributed by atoms with E-state index in [2.05, 4.69) is 23.4 Å². The minimum atomic E-state index is 0.587. The van der Waals surface area contributed by atoms with Crippen molar-refractivity contribution in [3.8, 4) is 0 Å². The summed E-state index contributed by atoms with van der Waals surface area (Å²) in [5.74, 6) is 1.50. The molecular weight excluding hydrogens is 254 g/mol. The Balaban J connectivity index is 2.15. The van der Waals surface area contributed by atoms with E-state index in [0.717, 1.165) is 17.2 Å². The van der Waals surface area contributed by atoms with Gasteiger partial charge in [0, 0.05) is 4.88 Å². The van der Waals surface area contributed by atoms with Gasteiger partial charge in [-0.1, -0.05) is 25.3 Å². The van der Waals surface area contributed by atoms with Crippen LogP contribution >= 0.6 is 11.3 Å². The van der Waals surface area contributed by atoms with Gasteiger partial charge in [0.25, 0.3) is 0 Å². The Hall–Kier alpha value is -1.16. The van der Waals surface area contributed by atoms with Crippen molar-refractivity contribution in [2.24, 2.45) is 5.92 Å². The van der Waals surface area contributed by atoms with Crippen LogP contribution in [0.4, 0.5) is 5.82 Å². The summed E-state index contributed by atoms with van der Waals surface area (Å²) in [6.07, 6.45) is 8.23. The number of nitrogens with two attached hydrogens (primary N) is 1. The van der Waals surface area contributed by atoms with Gasteiger partial charge >= 0.3 is 0 Å². The molecule has 19 heavy (non-hydrogen) atoms. The maximum absolute atomic E-state index is 6.42. The van der Waals surface area contributed by atoms with Crippen molar-refractivity contribution in [3.05, 3.63) is 16.8 Å². The summed E-state index contributed by atoms with van der Waals surface area (Å²) in [7, 11) is 0. The summed E-state index contributed by atoms with van der Waals surface area (Å²) in [6, 6.07) is 0. The molecule has 0 bridgehead atoms. The van der Waals surface area contributed by atoms with Crippen LogP contribution in [0.3, 0.4) is 0 Å². The van der Waals surface area contributed by atoms with E-state index >= 15 is 0 Å². The first-order valence-electron chi connectivity index (χ1n) is 7.25. The Kier molecular flexibility index (Phi) is 3.44. The first kappa shape index (κ1) is 12.9. The summed E-state index contributed by atoms with van der Waals surface area (Å²) >= 11 is 1.85. The lowest BCUT2D eigenvalue weighted by Gasteiger charge is -2.07. The fourth-order valence-corrected chi connectivity index (χ4v) is 4.19. The summed E-state index contributed by atoms with van der Waals surface area (Å²) in [6.45, 7) is 5.37. The van der Waals surface area contributed by atoms with Crippen LogP contribution in [0.5, 0.6) is 0 Å². The number of fused-ring (bicyclic) bond motifs is 3. The molecule has 2 aromatic rings. The summed E-state index contributed by atoms with van der Waals surface area (Å²) in [5, 5.41) is 1.24. The molecule has 0 radical (unpaired) electrons. The van der Waals surface area contributed by atoms with Gasteiger partial charge in [-0.15, -0.1) is 11.3 Å². The first-order chi connectivity index (χ1) is 9.16. The van der Waals surface area contributed by atoms with Crippen LogP contribution in [0.2, 0.25) is 0 Å². The number of aromatic nitrogens is 2. The molecule has 0 saturated heterocycles. The predicted molar refractivity (Wildman–Crippen MR) is 80.3 cm³/mol. The van der Waals surface area contributed by atoms with E-state index in [1.165, 1.54) is 47.9 Å². The molecule has 0 aliphatic heterocycles. The van der Waals surface area contributed by atoms with Crippen molar-refractivity contribution in [2.45, 2.75) is 52.5 Å². The second-order valence-corrected chi connectivity index (χ2v) is 7.00. The van der Waals surface area contributed by atoms with E-state index in [1.54, 1.807) is 0 Å². The molecule has 1 aliphatic rings. The Morgan fingerprint density at radius 3 is 2.89 bits per heavy atom. The quantitative estimate of drug-likeness (QED) is 0.676. The van der Waals surface area contributed by atoms with Gasteiger partial charge in [-0.2, -0.15) is 0 Å². The van der Waals surface area contributed by atoms with Gasteiger partial charge in [-0.25, -0.2) is 4.57 Å². The average Bonchev–Trinajstić information content (AvgIpc) is 2.55. The van der Waals surface area contributed by atoms with Crippen molar-refractivity contribution in [1.82, 2.24) is 4.98 Å². The number of hydrogen-bond acceptors (Lipinski definition) is 3. The predicted octanol–water partition coefficient (Wildman–Crippen LogP) is 3.09. The van der Waals surface area contributed by atoms with Gasteiger partial charge in [0.05, 0.1) is 6.54 Å². The van der Waals surface area contributed by atoms with Crippen molar-refractivity contribution >= 4 is 27.4 Å². The van der Waals surface area contributed by atoms with E-state index in [4.69, 9.17) is 5.73 Å². The van der Waals surface area contributed by atoms with Gasteiger partial charge in [-0.05, 0) is 37.2 Å². The molecule has 0 fully saturated rings. The zero-order valence-electron chi connectivity index (χ0n) is 11.8. The maximum Gasteiger partial charge on any atom is 0.231 e.